The minimum atomic E-state index is 0.554. The zero-order valence-corrected chi connectivity index (χ0v) is 12.6. The van der Waals surface area contributed by atoms with Crippen LogP contribution < -0.4 is 0 Å². The summed E-state index contributed by atoms with van der Waals surface area (Å²) in [5, 5.41) is 1.51. The van der Waals surface area contributed by atoms with Gasteiger partial charge in [-0.15, -0.1) is 23.1 Å². The first-order chi connectivity index (χ1) is 9.22. The van der Waals surface area contributed by atoms with Crippen LogP contribution in [0, 0.1) is 6.92 Å². The van der Waals surface area contributed by atoms with Crippen molar-refractivity contribution in [3.8, 4) is 0 Å². The molecule has 0 fully saturated rings. The molecule has 0 N–H and O–H groups in total. The highest BCUT2D eigenvalue weighted by atomic mass is 35.5. The molecular formula is C14H11ClN2S2. The van der Waals surface area contributed by atoms with E-state index in [0.29, 0.717) is 5.15 Å². The molecule has 0 aliphatic heterocycles. The fourth-order valence-electron chi connectivity index (χ4n) is 1.78. The van der Waals surface area contributed by atoms with Crippen LogP contribution in [0.2, 0.25) is 5.15 Å². The standard InChI is InChI=1S/C14H11ClN2S2/c1-9-7-11-13(15)16-12(17-14(11)19-9)8-18-10-5-3-2-4-6-10/h2-7H,8H2,1H3. The molecule has 5 heteroatoms. The zero-order valence-electron chi connectivity index (χ0n) is 10.3. The van der Waals surface area contributed by atoms with Gasteiger partial charge in [-0.2, -0.15) is 0 Å². The van der Waals surface area contributed by atoms with Gasteiger partial charge in [-0.3, -0.25) is 0 Å². The van der Waals surface area contributed by atoms with Gasteiger partial charge >= 0.3 is 0 Å². The number of halogens is 1. The molecule has 0 spiro atoms. The molecule has 0 unspecified atom stereocenters. The van der Waals surface area contributed by atoms with Crippen LogP contribution in [0.15, 0.2) is 41.3 Å². The van der Waals surface area contributed by atoms with Crippen molar-refractivity contribution in [2.24, 2.45) is 0 Å². The highest BCUT2D eigenvalue weighted by Gasteiger charge is 2.09. The molecule has 96 valence electrons. The Hall–Kier alpha value is -1.10. The van der Waals surface area contributed by atoms with Crippen molar-refractivity contribution >= 4 is 44.9 Å². The van der Waals surface area contributed by atoms with E-state index in [0.717, 1.165) is 21.8 Å². The molecule has 2 heterocycles. The summed E-state index contributed by atoms with van der Waals surface area (Å²) in [4.78, 5) is 12.3. The van der Waals surface area contributed by atoms with E-state index >= 15 is 0 Å². The Morgan fingerprint density at radius 1 is 1.21 bits per heavy atom. The fraction of sp³-hybridized carbons (Fsp3) is 0.143. The molecule has 3 aromatic rings. The average molecular weight is 307 g/mol. The van der Waals surface area contributed by atoms with E-state index in [1.165, 1.54) is 9.77 Å². The lowest BCUT2D eigenvalue weighted by molar-refractivity contribution is 1.08. The molecule has 0 amide bonds. The molecule has 0 radical (unpaired) electrons. The van der Waals surface area contributed by atoms with Gasteiger partial charge in [0, 0.05) is 15.2 Å². The van der Waals surface area contributed by atoms with Gasteiger partial charge < -0.3 is 0 Å². The van der Waals surface area contributed by atoms with Crippen molar-refractivity contribution < 1.29 is 0 Å². The molecule has 0 atom stereocenters. The minimum absolute atomic E-state index is 0.554. The topological polar surface area (TPSA) is 25.8 Å². The van der Waals surface area contributed by atoms with Gasteiger partial charge in [0.15, 0.2) is 0 Å². The maximum Gasteiger partial charge on any atom is 0.142 e. The summed E-state index contributed by atoms with van der Waals surface area (Å²) in [5.41, 5.74) is 0. The number of fused-ring (bicyclic) bond motifs is 1. The number of hydrogen-bond acceptors (Lipinski definition) is 4. The van der Waals surface area contributed by atoms with Gasteiger partial charge in [-0.05, 0) is 25.1 Å². The maximum atomic E-state index is 6.20. The molecule has 0 aliphatic rings. The molecule has 3 rings (SSSR count). The number of aromatic nitrogens is 2. The quantitative estimate of drug-likeness (QED) is 0.506. The van der Waals surface area contributed by atoms with E-state index in [1.807, 2.05) is 24.3 Å². The predicted molar refractivity (Wildman–Crippen MR) is 83.2 cm³/mol. The van der Waals surface area contributed by atoms with E-state index in [9.17, 15) is 0 Å². The van der Waals surface area contributed by atoms with Crippen molar-refractivity contribution in [3.05, 3.63) is 52.3 Å². The lowest BCUT2D eigenvalue weighted by atomic mass is 10.4. The summed E-state index contributed by atoms with van der Waals surface area (Å²) in [6.45, 7) is 2.06. The molecule has 0 aliphatic carbocycles. The second-order valence-electron chi connectivity index (χ2n) is 4.11. The molecule has 0 bridgehead atoms. The molecule has 2 nitrogen and oxygen atoms in total. The van der Waals surface area contributed by atoms with E-state index < -0.39 is 0 Å². The fourth-order valence-corrected chi connectivity index (χ4v) is 3.75. The first-order valence-corrected chi connectivity index (χ1v) is 8.01. The smallest absolute Gasteiger partial charge is 0.142 e. The van der Waals surface area contributed by atoms with Gasteiger partial charge in [0.2, 0.25) is 0 Å². The number of rotatable bonds is 3. The number of hydrogen-bond donors (Lipinski definition) is 0. The number of aryl methyl sites for hydroxylation is 1. The second kappa shape index (κ2) is 5.49. The van der Waals surface area contributed by atoms with Gasteiger partial charge in [-0.1, -0.05) is 29.8 Å². The summed E-state index contributed by atoms with van der Waals surface area (Å²) in [5.74, 6) is 1.52. The Kier molecular flexibility index (Phi) is 3.73. The van der Waals surface area contributed by atoms with Crippen LogP contribution >= 0.6 is 34.7 Å². The first-order valence-electron chi connectivity index (χ1n) is 5.83. The Balaban J connectivity index is 1.85. The van der Waals surface area contributed by atoms with Crippen molar-refractivity contribution in [2.75, 3.05) is 0 Å². The monoisotopic (exact) mass is 306 g/mol. The SMILES string of the molecule is Cc1cc2c(Cl)nc(CSc3ccccc3)nc2s1. The average Bonchev–Trinajstić information content (AvgIpc) is 2.79. The van der Waals surface area contributed by atoms with Crippen LogP contribution in [0.3, 0.4) is 0 Å². The van der Waals surface area contributed by atoms with Crippen molar-refractivity contribution in [3.63, 3.8) is 0 Å². The maximum absolute atomic E-state index is 6.20. The van der Waals surface area contributed by atoms with Crippen LogP contribution in [0.4, 0.5) is 0 Å². The van der Waals surface area contributed by atoms with Crippen molar-refractivity contribution in [2.45, 2.75) is 17.6 Å². The third-order valence-electron chi connectivity index (χ3n) is 2.63. The third-order valence-corrected chi connectivity index (χ3v) is 4.87. The van der Waals surface area contributed by atoms with Crippen LogP contribution in [-0.4, -0.2) is 9.97 Å². The number of benzene rings is 1. The normalized spacial score (nSPS) is 11.1. The van der Waals surface area contributed by atoms with Crippen molar-refractivity contribution in [1.29, 1.82) is 0 Å². The highest BCUT2D eigenvalue weighted by Crippen LogP contribution is 2.29. The Labute approximate surface area is 124 Å². The number of thiophene rings is 1. The first kappa shape index (κ1) is 12.9. The number of thioether (sulfide) groups is 1. The summed E-state index contributed by atoms with van der Waals surface area (Å²) in [6.07, 6.45) is 0. The molecular weight excluding hydrogens is 296 g/mol. The zero-order chi connectivity index (χ0) is 13.2. The van der Waals surface area contributed by atoms with Crippen molar-refractivity contribution in [1.82, 2.24) is 9.97 Å². The molecule has 0 saturated heterocycles. The molecule has 0 saturated carbocycles. The van der Waals surface area contributed by atoms with Crippen LogP contribution in [0.1, 0.15) is 10.7 Å². The summed E-state index contributed by atoms with van der Waals surface area (Å²) in [6, 6.07) is 12.3. The van der Waals surface area contributed by atoms with Crippen LogP contribution in [0.5, 0.6) is 0 Å². The minimum Gasteiger partial charge on any atom is -0.221 e. The van der Waals surface area contributed by atoms with Crippen LogP contribution in [-0.2, 0) is 5.75 Å². The largest absolute Gasteiger partial charge is 0.221 e. The highest BCUT2D eigenvalue weighted by molar-refractivity contribution is 7.98. The number of nitrogens with zero attached hydrogens (tertiary/aromatic N) is 2. The van der Waals surface area contributed by atoms with E-state index in [4.69, 9.17) is 11.6 Å². The molecule has 19 heavy (non-hydrogen) atoms. The summed E-state index contributed by atoms with van der Waals surface area (Å²) in [7, 11) is 0. The Bertz CT molecular complexity index is 710. The van der Waals surface area contributed by atoms with Crippen LogP contribution in [0.25, 0.3) is 10.2 Å². The van der Waals surface area contributed by atoms with Gasteiger partial charge in [0.05, 0.1) is 5.75 Å². The van der Waals surface area contributed by atoms with Gasteiger partial charge in [0.25, 0.3) is 0 Å². The second-order valence-corrected chi connectivity index (χ2v) is 6.75. The Morgan fingerprint density at radius 2 is 2.00 bits per heavy atom. The third kappa shape index (κ3) is 2.91. The Morgan fingerprint density at radius 3 is 2.79 bits per heavy atom. The van der Waals surface area contributed by atoms with E-state index in [1.54, 1.807) is 23.1 Å². The predicted octanol–water partition coefficient (Wildman–Crippen LogP) is 4.95. The summed E-state index contributed by atoms with van der Waals surface area (Å²) < 4.78 is 0. The molecule has 2 aromatic heterocycles. The lowest BCUT2D eigenvalue weighted by Gasteiger charge is -2.02. The van der Waals surface area contributed by atoms with Gasteiger partial charge in [-0.25, -0.2) is 9.97 Å². The molecule has 1 aromatic carbocycles. The van der Waals surface area contributed by atoms with E-state index in [-0.39, 0.29) is 0 Å². The van der Waals surface area contributed by atoms with Gasteiger partial charge in [0.1, 0.15) is 15.8 Å². The lowest BCUT2D eigenvalue weighted by Crippen LogP contribution is -1.92. The van der Waals surface area contributed by atoms with E-state index in [2.05, 4.69) is 29.0 Å². The summed E-state index contributed by atoms with van der Waals surface area (Å²) >= 11 is 9.58.